The minimum absolute atomic E-state index is 0.143. The molecular weight excluding hydrogens is 312 g/mol. The molecule has 0 aromatic heterocycles. The van der Waals surface area contributed by atoms with Crippen LogP contribution < -0.4 is 0 Å². The van der Waals surface area contributed by atoms with Gasteiger partial charge in [0.2, 0.25) is 0 Å². The van der Waals surface area contributed by atoms with Crippen LogP contribution in [0.15, 0.2) is 0 Å². The first-order valence-corrected chi connectivity index (χ1v) is 9.04. The molecule has 1 aliphatic rings. The van der Waals surface area contributed by atoms with E-state index in [1.54, 1.807) is 13.8 Å². The van der Waals surface area contributed by atoms with Crippen molar-refractivity contribution >= 4 is 11.9 Å². The second-order valence-electron chi connectivity index (χ2n) is 6.54. The van der Waals surface area contributed by atoms with Crippen LogP contribution >= 0.6 is 0 Å². The van der Waals surface area contributed by atoms with Gasteiger partial charge in [-0.25, -0.2) is 0 Å². The molecule has 6 nitrogen and oxygen atoms in total. The van der Waals surface area contributed by atoms with Crippen LogP contribution in [-0.2, 0) is 28.5 Å². The van der Waals surface area contributed by atoms with E-state index < -0.39 is 17.4 Å². The third kappa shape index (κ3) is 6.06. The molecule has 1 rings (SSSR count). The Morgan fingerprint density at radius 3 is 2.21 bits per heavy atom. The Kier molecular flexibility index (Phi) is 9.29. The quantitative estimate of drug-likeness (QED) is 0.448. The van der Waals surface area contributed by atoms with E-state index >= 15 is 0 Å². The second-order valence-corrected chi connectivity index (χ2v) is 6.54. The first-order chi connectivity index (χ1) is 11.5. The topological polar surface area (TPSA) is 71.1 Å². The predicted octanol–water partition coefficient (Wildman–Crippen LogP) is 3.08. The van der Waals surface area contributed by atoms with Gasteiger partial charge in [-0.15, -0.1) is 0 Å². The largest absolute Gasteiger partial charge is 0.465 e. The molecule has 1 heterocycles. The zero-order chi connectivity index (χ0) is 18.0. The first kappa shape index (κ1) is 20.9. The summed E-state index contributed by atoms with van der Waals surface area (Å²) in [4.78, 5) is 25.2. The van der Waals surface area contributed by atoms with E-state index in [1.165, 1.54) is 0 Å². The van der Waals surface area contributed by atoms with E-state index in [4.69, 9.17) is 18.9 Å². The highest BCUT2D eigenvalue weighted by atomic mass is 16.7. The average Bonchev–Trinajstić information content (AvgIpc) is 2.54. The van der Waals surface area contributed by atoms with E-state index in [1.807, 2.05) is 13.8 Å². The van der Waals surface area contributed by atoms with Gasteiger partial charge in [-0.3, -0.25) is 9.59 Å². The van der Waals surface area contributed by atoms with Gasteiger partial charge in [-0.2, -0.15) is 0 Å². The summed E-state index contributed by atoms with van der Waals surface area (Å²) in [6, 6.07) is 0. The summed E-state index contributed by atoms with van der Waals surface area (Å²) in [5.74, 6) is -0.902. The van der Waals surface area contributed by atoms with E-state index in [0.717, 1.165) is 19.3 Å². The number of hydrogen-bond acceptors (Lipinski definition) is 6. The van der Waals surface area contributed by atoms with E-state index in [0.29, 0.717) is 13.0 Å². The molecule has 0 aliphatic carbocycles. The molecule has 0 amide bonds. The van der Waals surface area contributed by atoms with Gasteiger partial charge in [0.25, 0.3) is 0 Å². The Hall–Kier alpha value is -1.14. The fourth-order valence-electron chi connectivity index (χ4n) is 3.00. The van der Waals surface area contributed by atoms with Crippen molar-refractivity contribution in [3.8, 4) is 0 Å². The zero-order valence-electron chi connectivity index (χ0n) is 15.5. The van der Waals surface area contributed by atoms with Crippen molar-refractivity contribution in [2.24, 2.45) is 11.3 Å². The maximum atomic E-state index is 12.6. The molecule has 1 fully saturated rings. The van der Waals surface area contributed by atoms with Gasteiger partial charge in [-0.05, 0) is 51.9 Å². The minimum atomic E-state index is -1.31. The van der Waals surface area contributed by atoms with Crippen molar-refractivity contribution in [2.75, 3.05) is 26.4 Å². The van der Waals surface area contributed by atoms with Crippen molar-refractivity contribution in [3.05, 3.63) is 0 Å². The summed E-state index contributed by atoms with van der Waals surface area (Å²) in [5, 5.41) is 0. The number of carbonyl (C=O) groups excluding carboxylic acids is 2. The molecule has 0 aromatic rings. The van der Waals surface area contributed by atoms with Gasteiger partial charge >= 0.3 is 11.9 Å². The lowest BCUT2D eigenvalue weighted by molar-refractivity contribution is -0.184. The fraction of sp³-hybridized carbons (Fsp3) is 0.889. The van der Waals surface area contributed by atoms with Crippen LogP contribution in [0.3, 0.4) is 0 Å². The second kappa shape index (κ2) is 10.7. The molecule has 0 spiro atoms. The number of carbonyl (C=O) groups is 2. The molecule has 24 heavy (non-hydrogen) atoms. The van der Waals surface area contributed by atoms with Crippen molar-refractivity contribution in [2.45, 2.75) is 66.1 Å². The monoisotopic (exact) mass is 344 g/mol. The van der Waals surface area contributed by atoms with Crippen LogP contribution in [0, 0.1) is 11.3 Å². The summed E-state index contributed by atoms with van der Waals surface area (Å²) < 4.78 is 21.7. The van der Waals surface area contributed by atoms with Gasteiger partial charge in [0.15, 0.2) is 11.7 Å². The molecule has 0 bridgehead atoms. The zero-order valence-corrected chi connectivity index (χ0v) is 15.5. The summed E-state index contributed by atoms with van der Waals surface area (Å²) in [5.41, 5.74) is -1.31. The van der Waals surface area contributed by atoms with Crippen LogP contribution in [0.25, 0.3) is 0 Å². The van der Waals surface area contributed by atoms with Gasteiger partial charge in [0.05, 0.1) is 19.8 Å². The molecule has 0 radical (unpaired) electrons. The van der Waals surface area contributed by atoms with Crippen LogP contribution in [0.5, 0.6) is 0 Å². The summed E-state index contributed by atoms with van der Waals surface area (Å²) in [6.07, 6.45) is 3.32. The molecule has 0 N–H and O–H groups in total. The fourth-order valence-corrected chi connectivity index (χ4v) is 3.00. The maximum absolute atomic E-state index is 12.6. The Balaban J connectivity index is 2.82. The third-order valence-electron chi connectivity index (χ3n) is 4.06. The van der Waals surface area contributed by atoms with Crippen molar-refractivity contribution in [1.29, 1.82) is 0 Å². The highest BCUT2D eigenvalue weighted by Gasteiger charge is 2.49. The standard InChI is InChI=1S/C18H32O6/c1-5-21-16(19)18(13-14(3)4,17(20)22-6-2)10-12-24-15-9-7-8-11-23-15/h14-15H,5-13H2,1-4H3. The summed E-state index contributed by atoms with van der Waals surface area (Å²) in [7, 11) is 0. The van der Waals surface area contributed by atoms with E-state index in [9.17, 15) is 9.59 Å². The molecule has 0 aromatic carbocycles. The summed E-state index contributed by atoms with van der Waals surface area (Å²) >= 11 is 0. The number of esters is 2. The van der Waals surface area contributed by atoms with Crippen molar-refractivity contribution in [3.63, 3.8) is 0 Å². The Labute approximate surface area is 145 Å². The molecule has 6 heteroatoms. The lowest BCUT2D eigenvalue weighted by atomic mass is 9.77. The van der Waals surface area contributed by atoms with E-state index in [2.05, 4.69) is 0 Å². The lowest BCUT2D eigenvalue weighted by Crippen LogP contribution is -2.44. The van der Waals surface area contributed by atoms with E-state index in [-0.39, 0.29) is 38.4 Å². The minimum Gasteiger partial charge on any atom is -0.465 e. The molecule has 0 saturated carbocycles. The molecule has 1 atom stereocenters. The van der Waals surface area contributed by atoms with Crippen LogP contribution in [0.4, 0.5) is 0 Å². The third-order valence-corrected chi connectivity index (χ3v) is 4.06. The molecule has 1 aliphatic heterocycles. The molecule has 140 valence electrons. The van der Waals surface area contributed by atoms with Gasteiger partial charge in [0, 0.05) is 6.61 Å². The van der Waals surface area contributed by atoms with Crippen molar-refractivity contribution < 1.29 is 28.5 Å². The summed E-state index contributed by atoms with van der Waals surface area (Å²) in [6.45, 7) is 8.81. The number of ether oxygens (including phenoxy) is 4. The molecule has 1 saturated heterocycles. The number of rotatable bonds is 10. The van der Waals surface area contributed by atoms with Crippen LogP contribution in [-0.4, -0.2) is 44.7 Å². The maximum Gasteiger partial charge on any atom is 0.323 e. The smallest absolute Gasteiger partial charge is 0.323 e. The lowest BCUT2D eigenvalue weighted by Gasteiger charge is -2.31. The normalized spacial score (nSPS) is 18.5. The molecule has 1 unspecified atom stereocenters. The first-order valence-electron chi connectivity index (χ1n) is 9.04. The van der Waals surface area contributed by atoms with Gasteiger partial charge < -0.3 is 18.9 Å². The SMILES string of the molecule is CCOC(=O)C(CCOC1CCCCO1)(CC(C)C)C(=O)OCC. The van der Waals surface area contributed by atoms with Crippen molar-refractivity contribution in [1.82, 2.24) is 0 Å². The highest BCUT2D eigenvalue weighted by Crippen LogP contribution is 2.34. The Morgan fingerprint density at radius 1 is 1.12 bits per heavy atom. The molecular formula is C18H32O6. The van der Waals surface area contributed by atoms with Gasteiger partial charge in [-0.1, -0.05) is 13.8 Å². The van der Waals surface area contributed by atoms with Gasteiger partial charge in [0.1, 0.15) is 0 Å². The number of hydrogen-bond donors (Lipinski definition) is 0. The average molecular weight is 344 g/mol. The van der Waals surface area contributed by atoms with Crippen LogP contribution in [0.2, 0.25) is 0 Å². The van der Waals surface area contributed by atoms with Crippen LogP contribution in [0.1, 0.15) is 59.8 Å². The Bertz CT molecular complexity index is 369. The Morgan fingerprint density at radius 2 is 1.75 bits per heavy atom. The highest BCUT2D eigenvalue weighted by molar-refractivity contribution is 6.00. The predicted molar refractivity (Wildman–Crippen MR) is 89.3 cm³/mol.